The lowest BCUT2D eigenvalue weighted by Crippen LogP contribution is -2.37. The number of carbonyl (C=O) groups excluding carboxylic acids is 1. The van der Waals surface area contributed by atoms with Gasteiger partial charge in [-0.15, -0.1) is 0 Å². The minimum Gasteiger partial charge on any atom is -0.394 e. The Morgan fingerprint density at radius 3 is 2.65 bits per heavy atom. The lowest BCUT2D eigenvalue weighted by atomic mass is 10.1. The Labute approximate surface area is 199 Å². The number of anilines is 3. The van der Waals surface area contributed by atoms with Gasteiger partial charge in [0.2, 0.25) is 0 Å². The van der Waals surface area contributed by atoms with Gasteiger partial charge in [-0.05, 0) is 25.1 Å². The zero-order valence-corrected chi connectivity index (χ0v) is 19.5. The van der Waals surface area contributed by atoms with Gasteiger partial charge >= 0.3 is 0 Å². The third-order valence-corrected chi connectivity index (χ3v) is 6.14. The van der Waals surface area contributed by atoms with Crippen LogP contribution in [0.15, 0.2) is 48.9 Å². The van der Waals surface area contributed by atoms with Crippen LogP contribution < -0.4 is 15.5 Å². The maximum atomic E-state index is 13.2. The number of carbonyl (C=O) groups is 1. The number of nitrogens with zero attached hydrogens (tertiary/aromatic N) is 5. The van der Waals surface area contributed by atoms with Crippen LogP contribution in [-0.4, -0.2) is 71.8 Å². The molecule has 0 radical (unpaired) electrons. The zero-order valence-electron chi connectivity index (χ0n) is 19.5. The lowest BCUT2D eigenvalue weighted by molar-refractivity contribution is 0.0988. The third kappa shape index (κ3) is 5.16. The van der Waals surface area contributed by atoms with E-state index in [1.807, 2.05) is 49.2 Å². The standard InChI is InChI=1S/C25H30N6O3/c1-17(16-32)30(2)20-5-3-18(4-6-20)21-15-28-25(26)24(29-21)23(33)13-19-14-27-8-7-22(19)31-9-11-34-12-10-31/h3-8,14-15,17,32H,9-13,16H2,1-2H3,(H2,26,28)/t17-/m0/s1. The van der Waals surface area contributed by atoms with Crippen molar-refractivity contribution in [3.05, 3.63) is 60.2 Å². The molecular formula is C25H30N6O3. The summed E-state index contributed by atoms with van der Waals surface area (Å²) in [5, 5.41) is 9.39. The van der Waals surface area contributed by atoms with Gasteiger partial charge in [0.05, 0.1) is 31.7 Å². The van der Waals surface area contributed by atoms with E-state index >= 15 is 0 Å². The molecule has 9 nitrogen and oxygen atoms in total. The SMILES string of the molecule is C[C@@H](CO)N(C)c1ccc(-c2cnc(N)c(C(=O)Cc3cnccc3N3CCOCC3)n2)cc1. The van der Waals surface area contributed by atoms with Gasteiger partial charge in [-0.1, -0.05) is 12.1 Å². The van der Waals surface area contributed by atoms with E-state index in [4.69, 9.17) is 10.5 Å². The molecule has 0 bridgehead atoms. The summed E-state index contributed by atoms with van der Waals surface area (Å²) in [5.74, 6) is -0.0961. The third-order valence-electron chi connectivity index (χ3n) is 6.14. The fraction of sp³-hybridized carbons (Fsp3) is 0.360. The number of hydrogen-bond acceptors (Lipinski definition) is 9. The number of rotatable bonds is 8. The molecule has 2 aromatic heterocycles. The molecular weight excluding hydrogens is 432 g/mol. The number of nitrogen functional groups attached to an aromatic ring is 1. The smallest absolute Gasteiger partial charge is 0.189 e. The van der Waals surface area contributed by atoms with Crippen molar-refractivity contribution in [3.63, 3.8) is 0 Å². The minimum absolute atomic E-state index is 0.00113. The van der Waals surface area contributed by atoms with Gasteiger partial charge in [0.1, 0.15) is 5.69 Å². The van der Waals surface area contributed by atoms with Crippen molar-refractivity contribution in [2.45, 2.75) is 19.4 Å². The number of morpholine rings is 1. The van der Waals surface area contributed by atoms with Crippen LogP contribution in [-0.2, 0) is 11.2 Å². The van der Waals surface area contributed by atoms with Gasteiger partial charge in [-0.3, -0.25) is 9.78 Å². The molecule has 3 heterocycles. The van der Waals surface area contributed by atoms with E-state index in [-0.39, 0.29) is 36.4 Å². The van der Waals surface area contributed by atoms with Crippen LogP contribution in [0.3, 0.4) is 0 Å². The number of likely N-dealkylation sites (N-methyl/N-ethyl adjacent to an activating group) is 1. The zero-order chi connectivity index (χ0) is 24.1. The predicted molar refractivity (Wildman–Crippen MR) is 132 cm³/mol. The van der Waals surface area contributed by atoms with E-state index in [2.05, 4.69) is 19.9 Å². The van der Waals surface area contributed by atoms with Crippen LogP contribution in [0.4, 0.5) is 17.2 Å². The number of pyridine rings is 1. The summed E-state index contributed by atoms with van der Waals surface area (Å²) in [6.45, 7) is 4.87. The highest BCUT2D eigenvalue weighted by Crippen LogP contribution is 2.25. The van der Waals surface area contributed by atoms with E-state index in [0.717, 1.165) is 35.6 Å². The quantitative estimate of drug-likeness (QED) is 0.486. The molecule has 0 unspecified atom stereocenters. The lowest BCUT2D eigenvalue weighted by Gasteiger charge is -2.30. The molecule has 34 heavy (non-hydrogen) atoms. The van der Waals surface area contributed by atoms with Crippen molar-refractivity contribution in [2.24, 2.45) is 0 Å². The average Bonchev–Trinajstić information content (AvgIpc) is 2.89. The van der Waals surface area contributed by atoms with Crippen LogP contribution in [0.2, 0.25) is 0 Å². The summed E-state index contributed by atoms with van der Waals surface area (Å²) >= 11 is 0. The number of aromatic nitrogens is 3. The van der Waals surface area contributed by atoms with Crippen LogP contribution >= 0.6 is 0 Å². The highest BCUT2D eigenvalue weighted by atomic mass is 16.5. The number of ether oxygens (including phenoxy) is 1. The van der Waals surface area contributed by atoms with Crippen LogP contribution in [0.25, 0.3) is 11.3 Å². The Hall–Kier alpha value is -3.56. The molecule has 0 spiro atoms. The fourth-order valence-electron chi connectivity index (χ4n) is 3.91. The first kappa shape index (κ1) is 23.6. The van der Waals surface area contributed by atoms with E-state index in [0.29, 0.717) is 18.9 Å². The number of benzene rings is 1. The maximum absolute atomic E-state index is 13.2. The molecule has 0 aliphatic carbocycles. The van der Waals surface area contributed by atoms with E-state index in [9.17, 15) is 9.90 Å². The fourth-order valence-corrected chi connectivity index (χ4v) is 3.91. The summed E-state index contributed by atoms with van der Waals surface area (Å²) in [4.78, 5) is 30.4. The van der Waals surface area contributed by atoms with Gasteiger partial charge in [0, 0.05) is 67.5 Å². The van der Waals surface area contributed by atoms with Crippen LogP contribution in [0, 0.1) is 0 Å². The van der Waals surface area contributed by atoms with Gasteiger partial charge in [0.15, 0.2) is 11.6 Å². The Morgan fingerprint density at radius 1 is 1.21 bits per heavy atom. The number of Topliss-reactive ketones (excluding diaryl/α,β-unsaturated/α-hetero) is 1. The second-order valence-electron chi connectivity index (χ2n) is 8.38. The molecule has 1 saturated heterocycles. The Morgan fingerprint density at radius 2 is 1.94 bits per heavy atom. The molecule has 9 heteroatoms. The first-order chi connectivity index (χ1) is 16.5. The van der Waals surface area contributed by atoms with Gasteiger partial charge < -0.3 is 25.4 Å². The van der Waals surface area contributed by atoms with Crippen molar-refractivity contribution in [3.8, 4) is 11.3 Å². The van der Waals surface area contributed by atoms with Crippen LogP contribution in [0.1, 0.15) is 23.0 Å². The molecule has 178 valence electrons. The first-order valence-corrected chi connectivity index (χ1v) is 11.3. The number of hydrogen-bond donors (Lipinski definition) is 2. The Kier molecular flexibility index (Phi) is 7.34. The molecule has 1 fully saturated rings. The molecule has 0 saturated carbocycles. The molecule has 3 aromatic rings. The summed E-state index contributed by atoms with van der Waals surface area (Å²) in [6, 6.07) is 9.66. The molecule has 3 N–H and O–H groups in total. The van der Waals surface area contributed by atoms with Crippen molar-refractivity contribution in [2.75, 3.05) is 55.5 Å². The van der Waals surface area contributed by atoms with Crippen molar-refractivity contribution < 1.29 is 14.6 Å². The molecule has 1 aromatic carbocycles. The van der Waals surface area contributed by atoms with Crippen molar-refractivity contribution in [1.82, 2.24) is 15.0 Å². The van der Waals surface area contributed by atoms with Gasteiger partial charge in [-0.25, -0.2) is 9.97 Å². The summed E-state index contributed by atoms with van der Waals surface area (Å²) in [7, 11) is 1.93. The van der Waals surface area contributed by atoms with Gasteiger partial charge in [-0.2, -0.15) is 0 Å². The Balaban J connectivity index is 1.56. The van der Waals surface area contributed by atoms with Gasteiger partial charge in [0.25, 0.3) is 0 Å². The number of aliphatic hydroxyl groups excluding tert-OH is 1. The monoisotopic (exact) mass is 462 g/mol. The number of ketones is 1. The minimum atomic E-state index is -0.206. The molecule has 4 rings (SSSR count). The highest BCUT2D eigenvalue weighted by Gasteiger charge is 2.20. The topological polar surface area (TPSA) is 118 Å². The summed E-state index contributed by atoms with van der Waals surface area (Å²) in [6.07, 6.45) is 5.16. The summed E-state index contributed by atoms with van der Waals surface area (Å²) < 4.78 is 5.45. The van der Waals surface area contributed by atoms with Crippen molar-refractivity contribution >= 4 is 23.0 Å². The normalized spacial score (nSPS) is 14.6. The molecule has 1 atom stereocenters. The second kappa shape index (κ2) is 10.6. The average molecular weight is 463 g/mol. The maximum Gasteiger partial charge on any atom is 0.189 e. The molecule has 0 amide bonds. The molecule has 1 aliphatic heterocycles. The predicted octanol–water partition coefficient (Wildman–Crippen LogP) is 2.20. The summed E-state index contributed by atoms with van der Waals surface area (Å²) in [5.41, 5.74) is 10.4. The van der Waals surface area contributed by atoms with Crippen molar-refractivity contribution in [1.29, 1.82) is 0 Å². The number of nitrogens with two attached hydrogens (primary N) is 1. The second-order valence-corrected chi connectivity index (χ2v) is 8.38. The number of aliphatic hydroxyl groups is 1. The largest absolute Gasteiger partial charge is 0.394 e. The van der Waals surface area contributed by atoms with E-state index in [1.165, 1.54) is 0 Å². The first-order valence-electron chi connectivity index (χ1n) is 11.3. The Bertz CT molecular complexity index is 1130. The van der Waals surface area contributed by atoms with E-state index < -0.39 is 0 Å². The molecule has 1 aliphatic rings. The van der Waals surface area contributed by atoms with Crippen LogP contribution in [0.5, 0.6) is 0 Å². The highest BCUT2D eigenvalue weighted by molar-refractivity contribution is 6.00. The van der Waals surface area contributed by atoms with E-state index in [1.54, 1.807) is 18.6 Å².